The molecule has 3 N–H and O–H groups in total. The van der Waals surface area contributed by atoms with Gasteiger partial charge >= 0.3 is 0 Å². The number of benzene rings is 1. The molecule has 0 aliphatic heterocycles. The van der Waals surface area contributed by atoms with Gasteiger partial charge in [0.15, 0.2) is 5.82 Å². The van der Waals surface area contributed by atoms with E-state index in [2.05, 4.69) is 10.3 Å². The Kier molecular flexibility index (Phi) is 3.56. The van der Waals surface area contributed by atoms with Crippen LogP contribution in [0.2, 0.25) is 0 Å². The van der Waals surface area contributed by atoms with Gasteiger partial charge in [-0.3, -0.25) is 14.9 Å². The third kappa shape index (κ3) is 2.86. The van der Waals surface area contributed by atoms with Crippen LogP contribution in [0.15, 0.2) is 36.4 Å². The number of halogens is 1. The number of hydrogen-bond donors (Lipinski definition) is 2. The third-order valence-electron chi connectivity index (χ3n) is 2.41. The zero-order valence-electron chi connectivity index (χ0n) is 10.0. The number of non-ortho nitro benzene ring substituents is 1. The van der Waals surface area contributed by atoms with Crippen LogP contribution in [-0.4, -0.2) is 15.8 Å². The molecule has 1 aromatic carbocycles. The summed E-state index contributed by atoms with van der Waals surface area (Å²) in [5.41, 5.74) is 4.87. The van der Waals surface area contributed by atoms with E-state index in [-0.39, 0.29) is 17.2 Å². The highest BCUT2D eigenvalue weighted by Crippen LogP contribution is 2.20. The predicted octanol–water partition coefficient (Wildman–Crippen LogP) is 1.96. The number of nitrogens with two attached hydrogens (primary N) is 1. The Morgan fingerprint density at radius 3 is 2.70 bits per heavy atom. The lowest BCUT2D eigenvalue weighted by Gasteiger charge is -2.06. The smallest absolute Gasteiger partial charge is 0.274 e. The highest BCUT2D eigenvalue weighted by molar-refractivity contribution is 6.03. The number of carbonyl (C=O) groups is 1. The van der Waals surface area contributed by atoms with E-state index in [9.17, 15) is 19.3 Å². The van der Waals surface area contributed by atoms with Crippen LogP contribution in [0, 0.1) is 15.9 Å². The van der Waals surface area contributed by atoms with E-state index in [1.54, 1.807) is 0 Å². The number of rotatable bonds is 3. The fourth-order valence-corrected chi connectivity index (χ4v) is 1.48. The normalized spacial score (nSPS) is 10.1. The zero-order chi connectivity index (χ0) is 14.7. The van der Waals surface area contributed by atoms with Gasteiger partial charge in [-0.05, 0) is 18.2 Å². The monoisotopic (exact) mass is 276 g/mol. The number of nitrogens with one attached hydrogen (secondary N) is 1. The minimum atomic E-state index is -0.906. The Morgan fingerprint density at radius 2 is 2.10 bits per heavy atom. The van der Waals surface area contributed by atoms with Gasteiger partial charge in [0.25, 0.3) is 11.6 Å². The average molecular weight is 276 g/mol. The lowest BCUT2D eigenvalue weighted by molar-refractivity contribution is -0.385. The average Bonchev–Trinajstić information content (AvgIpc) is 2.40. The van der Waals surface area contributed by atoms with Gasteiger partial charge in [-0.15, -0.1) is 0 Å². The molecule has 0 fully saturated rings. The van der Waals surface area contributed by atoms with Crippen molar-refractivity contribution in [2.45, 2.75) is 0 Å². The van der Waals surface area contributed by atoms with Crippen molar-refractivity contribution in [1.82, 2.24) is 4.98 Å². The number of nitro groups is 1. The highest BCUT2D eigenvalue weighted by Gasteiger charge is 2.14. The molecular weight excluding hydrogens is 267 g/mol. The quantitative estimate of drug-likeness (QED) is 0.657. The standard InChI is InChI=1S/C12H9FN4O3/c13-8-6-7(17(19)20)4-5-9(8)16-12(18)10-2-1-3-11(14)15-10/h1-6H,(H2,14,15)(H,16,18). The van der Waals surface area contributed by atoms with Crippen LogP contribution >= 0.6 is 0 Å². The van der Waals surface area contributed by atoms with Crippen LogP contribution in [0.5, 0.6) is 0 Å². The minimum absolute atomic E-state index is 0.0164. The molecule has 0 bridgehead atoms. The molecule has 1 heterocycles. The topological polar surface area (TPSA) is 111 Å². The maximum atomic E-state index is 13.6. The Hall–Kier alpha value is -3.03. The Labute approximate surface area is 112 Å². The second-order valence-corrected chi connectivity index (χ2v) is 3.82. The van der Waals surface area contributed by atoms with E-state index in [4.69, 9.17) is 5.73 Å². The molecule has 1 aromatic heterocycles. The zero-order valence-corrected chi connectivity index (χ0v) is 10.0. The van der Waals surface area contributed by atoms with Gasteiger partial charge in [-0.2, -0.15) is 0 Å². The molecule has 0 aliphatic carbocycles. The van der Waals surface area contributed by atoms with Crippen molar-refractivity contribution in [3.63, 3.8) is 0 Å². The maximum absolute atomic E-state index is 13.6. The van der Waals surface area contributed by atoms with Gasteiger partial charge in [0.1, 0.15) is 11.5 Å². The summed E-state index contributed by atoms with van der Waals surface area (Å²) in [6, 6.07) is 7.37. The molecule has 20 heavy (non-hydrogen) atoms. The van der Waals surface area contributed by atoms with Crippen molar-refractivity contribution in [1.29, 1.82) is 0 Å². The van der Waals surface area contributed by atoms with E-state index in [0.717, 1.165) is 18.2 Å². The second-order valence-electron chi connectivity index (χ2n) is 3.82. The molecule has 0 spiro atoms. The number of carbonyl (C=O) groups excluding carboxylic acids is 1. The number of amides is 1. The summed E-state index contributed by atoms with van der Waals surface area (Å²) in [6.45, 7) is 0. The van der Waals surface area contributed by atoms with Crippen molar-refractivity contribution >= 4 is 23.1 Å². The Balaban J connectivity index is 2.22. The molecule has 0 radical (unpaired) electrons. The van der Waals surface area contributed by atoms with Crippen LogP contribution in [-0.2, 0) is 0 Å². The van der Waals surface area contributed by atoms with Crippen molar-refractivity contribution in [3.8, 4) is 0 Å². The summed E-state index contributed by atoms with van der Waals surface area (Å²) in [5.74, 6) is -1.41. The molecular formula is C12H9FN4O3. The molecule has 2 aromatic rings. The van der Waals surface area contributed by atoms with Gasteiger partial charge in [0.2, 0.25) is 0 Å². The lowest BCUT2D eigenvalue weighted by atomic mass is 10.2. The van der Waals surface area contributed by atoms with Gasteiger partial charge in [0.05, 0.1) is 16.7 Å². The van der Waals surface area contributed by atoms with Crippen LogP contribution < -0.4 is 11.1 Å². The van der Waals surface area contributed by atoms with Gasteiger partial charge < -0.3 is 11.1 Å². The molecule has 2 rings (SSSR count). The summed E-state index contributed by atoms with van der Waals surface area (Å²) < 4.78 is 13.6. The van der Waals surface area contributed by atoms with E-state index in [1.165, 1.54) is 18.2 Å². The number of pyridine rings is 1. The fourth-order valence-electron chi connectivity index (χ4n) is 1.48. The first-order valence-electron chi connectivity index (χ1n) is 5.45. The Morgan fingerprint density at radius 1 is 1.35 bits per heavy atom. The maximum Gasteiger partial charge on any atom is 0.274 e. The summed E-state index contributed by atoms with van der Waals surface area (Å²) in [4.78, 5) is 25.3. The van der Waals surface area contributed by atoms with Crippen LogP contribution in [0.25, 0.3) is 0 Å². The second kappa shape index (κ2) is 5.31. The first-order valence-corrected chi connectivity index (χ1v) is 5.45. The molecule has 7 nitrogen and oxygen atoms in total. The van der Waals surface area contributed by atoms with E-state index >= 15 is 0 Å². The molecule has 1 amide bonds. The first-order chi connectivity index (χ1) is 9.47. The van der Waals surface area contributed by atoms with E-state index in [0.29, 0.717) is 0 Å². The third-order valence-corrected chi connectivity index (χ3v) is 2.41. The van der Waals surface area contributed by atoms with Gasteiger partial charge in [-0.25, -0.2) is 9.37 Å². The Bertz CT molecular complexity index is 690. The number of aromatic nitrogens is 1. The molecule has 8 heteroatoms. The molecule has 102 valence electrons. The predicted molar refractivity (Wildman–Crippen MR) is 69.7 cm³/mol. The molecule has 0 aliphatic rings. The highest BCUT2D eigenvalue weighted by atomic mass is 19.1. The fraction of sp³-hybridized carbons (Fsp3) is 0. The number of hydrogen-bond acceptors (Lipinski definition) is 5. The number of nitrogen functional groups attached to an aromatic ring is 1. The lowest BCUT2D eigenvalue weighted by Crippen LogP contribution is -2.15. The SMILES string of the molecule is Nc1cccc(C(=O)Nc2ccc([N+](=O)[O-])cc2F)n1. The molecule has 0 saturated carbocycles. The summed E-state index contributed by atoms with van der Waals surface area (Å²) in [5, 5.41) is 12.7. The van der Waals surface area contributed by atoms with E-state index in [1.807, 2.05) is 0 Å². The van der Waals surface area contributed by atoms with E-state index < -0.39 is 22.3 Å². The number of anilines is 2. The summed E-state index contributed by atoms with van der Waals surface area (Å²) >= 11 is 0. The number of nitro benzene ring substituents is 1. The van der Waals surface area contributed by atoms with Crippen LogP contribution in [0.1, 0.15) is 10.5 Å². The van der Waals surface area contributed by atoms with Crippen molar-refractivity contribution < 1.29 is 14.1 Å². The van der Waals surface area contributed by atoms with Crippen LogP contribution in [0.3, 0.4) is 0 Å². The molecule has 0 atom stereocenters. The van der Waals surface area contributed by atoms with Gasteiger partial charge in [0, 0.05) is 6.07 Å². The first kappa shape index (κ1) is 13.4. The summed E-state index contributed by atoms with van der Waals surface area (Å²) in [7, 11) is 0. The van der Waals surface area contributed by atoms with Crippen molar-refractivity contribution in [2.75, 3.05) is 11.1 Å². The molecule has 0 unspecified atom stereocenters. The largest absolute Gasteiger partial charge is 0.384 e. The van der Waals surface area contributed by atoms with Crippen molar-refractivity contribution in [3.05, 3.63) is 58.0 Å². The summed E-state index contributed by atoms with van der Waals surface area (Å²) in [6.07, 6.45) is 0. The molecule has 0 saturated heterocycles. The number of nitrogens with zero attached hydrogens (tertiary/aromatic N) is 2. The van der Waals surface area contributed by atoms with Crippen molar-refractivity contribution in [2.24, 2.45) is 0 Å². The van der Waals surface area contributed by atoms with Gasteiger partial charge in [-0.1, -0.05) is 6.07 Å². The minimum Gasteiger partial charge on any atom is -0.384 e. The van der Waals surface area contributed by atoms with Crippen LogP contribution in [0.4, 0.5) is 21.6 Å².